The van der Waals surface area contributed by atoms with Gasteiger partial charge in [0.05, 0.1) is 0 Å². The highest BCUT2D eigenvalue weighted by atomic mass is 16.4. The van der Waals surface area contributed by atoms with E-state index in [1.807, 2.05) is 6.20 Å². The molecule has 0 saturated carbocycles. The third kappa shape index (κ3) is 2.14. The van der Waals surface area contributed by atoms with Gasteiger partial charge in [0.1, 0.15) is 0 Å². The second-order valence-electron chi connectivity index (χ2n) is 5.22. The molecule has 4 heteroatoms. The number of allylic oxidation sites excluding steroid dienone is 1. The van der Waals surface area contributed by atoms with Crippen LogP contribution in [0.25, 0.3) is 11.6 Å². The first-order valence-electron chi connectivity index (χ1n) is 6.44. The second-order valence-corrected chi connectivity index (χ2v) is 5.22. The summed E-state index contributed by atoms with van der Waals surface area (Å²) in [5.41, 5.74) is 3.44. The Labute approximate surface area is 112 Å². The molecule has 98 valence electrons. The van der Waals surface area contributed by atoms with Crippen molar-refractivity contribution >= 4 is 17.7 Å². The van der Waals surface area contributed by atoms with Crippen molar-refractivity contribution in [3.8, 4) is 0 Å². The van der Waals surface area contributed by atoms with E-state index in [2.05, 4.69) is 23.7 Å². The number of rotatable bonds is 2. The van der Waals surface area contributed by atoms with Crippen LogP contribution in [0, 0.1) is 11.8 Å². The number of pyridine rings is 1. The molecule has 2 heterocycles. The minimum atomic E-state index is -0.806. The maximum atomic E-state index is 11.0. The van der Waals surface area contributed by atoms with E-state index >= 15 is 0 Å². The average molecular weight is 256 g/mol. The molecule has 3 rings (SSSR count). The van der Waals surface area contributed by atoms with Crippen molar-refractivity contribution in [3.63, 3.8) is 0 Å². The highest BCUT2D eigenvalue weighted by Gasteiger charge is 2.38. The fraction of sp³-hybridized carbons (Fsp3) is 0.333. The molecule has 2 atom stereocenters. The van der Waals surface area contributed by atoms with Crippen molar-refractivity contribution in [3.05, 3.63) is 42.2 Å². The number of hydrogen-bond donors (Lipinski definition) is 1. The maximum Gasteiger partial charge on any atom is 0.407 e. The molecule has 0 unspecified atom stereocenters. The zero-order valence-corrected chi connectivity index (χ0v) is 10.6. The number of likely N-dealkylation sites (tertiary alicyclic amines) is 1. The summed E-state index contributed by atoms with van der Waals surface area (Å²) < 4.78 is 0. The lowest BCUT2D eigenvalue weighted by Gasteiger charge is -2.12. The van der Waals surface area contributed by atoms with Crippen molar-refractivity contribution in [1.29, 1.82) is 0 Å². The van der Waals surface area contributed by atoms with Crippen LogP contribution in [-0.2, 0) is 0 Å². The lowest BCUT2D eigenvalue weighted by atomic mass is 9.98. The Bertz CT molecular complexity index is 565. The van der Waals surface area contributed by atoms with Gasteiger partial charge in [-0.3, -0.25) is 4.98 Å². The third-order valence-corrected chi connectivity index (χ3v) is 4.03. The molecule has 2 aliphatic rings. The molecule has 1 aliphatic carbocycles. The van der Waals surface area contributed by atoms with Gasteiger partial charge in [-0.05, 0) is 41.0 Å². The van der Waals surface area contributed by atoms with Crippen LogP contribution < -0.4 is 0 Å². The zero-order chi connectivity index (χ0) is 13.4. The molecule has 1 aliphatic heterocycles. The van der Waals surface area contributed by atoms with Crippen LogP contribution in [-0.4, -0.2) is 34.2 Å². The fourth-order valence-corrected chi connectivity index (χ4v) is 3.03. The topological polar surface area (TPSA) is 53.4 Å². The Hall–Kier alpha value is -2.10. The zero-order valence-electron chi connectivity index (χ0n) is 10.6. The molecule has 19 heavy (non-hydrogen) atoms. The summed E-state index contributed by atoms with van der Waals surface area (Å²) in [4.78, 5) is 16.7. The first kappa shape index (κ1) is 12.0. The van der Waals surface area contributed by atoms with Crippen molar-refractivity contribution in [2.45, 2.75) is 6.42 Å². The molecule has 1 aromatic rings. The summed E-state index contributed by atoms with van der Waals surface area (Å²) in [7, 11) is 0. The second kappa shape index (κ2) is 4.53. The van der Waals surface area contributed by atoms with Gasteiger partial charge in [0, 0.05) is 25.5 Å². The van der Waals surface area contributed by atoms with Crippen LogP contribution in [0.2, 0.25) is 0 Å². The van der Waals surface area contributed by atoms with Crippen LogP contribution in [0.15, 0.2) is 31.1 Å². The van der Waals surface area contributed by atoms with E-state index in [-0.39, 0.29) is 0 Å². The molecule has 1 fully saturated rings. The standard InChI is InChI=1S/C15H16N2O2/c1-2-10-3-12(7-16-6-10)11-4-13-8-17(15(18)19)9-14(13)5-11/h2-4,6-7,13-14H,1,5,8-9H2,(H,18,19)/t13-,14+/m0/s1. The SMILES string of the molecule is C=Cc1cncc(C2=C[C@H]3CN(C(=O)O)C[C@H]3C2)c1. The molecular weight excluding hydrogens is 240 g/mol. The number of carbonyl (C=O) groups is 1. The van der Waals surface area contributed by atoms with E-state index in [1.54, 1.807) is 12.3 Å². The van der Waals surface area contributed by atoms with Crippen LogP contribution in [0.4, 0.5) is 4.79 Å². The maximum absolute atomic E-state index is 11.0. The summed E-state index contributed by atoms with van der Waals surface area (Å²) in [6.45, 7) is 5.02. The van der Waals surface area contributed by atoms with Gasteiger partial charge in [-0.15, -0.1) is 0 Å². The van der Waals surface area contributed by atoms with Crippen molar-refractivity contribution in [2.75, 3.05) is 13.1 Å². The Kier molecular flexibility index (Phi) is 2.85. The minimum absolute atomic E-state index is 0.360. The number of aromatic nitrogens is 1. The number of hydrogen-bond acceptors (Lipinski definition) is 2. The molecule has 1 N–H and O–H groups in total. The average Bonchev–Trinajstić information content (AvgIpc) is 2.96. The smallest absolute Gasteiger partial charge is 0.407 e. The summed E-state index contributed by atoms with van der Waals surface area (Å²) in [5, 5.41) is 9.00. The molecular formula is C15H16N2O2. The van der Waals surface area contributed by atoms with E-state index in [1.165, 1.54) is 10.5 Å². The molecule has 0 radical (unpaired) electrons. The summed E-state index contributed by atoms with van der Waals surface area (Å²) in [6, 6.07) is 2.09. The van der Waals surface area contributed by atoms with E-state index < -0.39 is 6.09 Å². The molecule has 4 nitrogen and oxygen atoms in total. The molecule has 1 aromatic heterocycles. The van der Waals surface area contributed by atoms with Gasteiger partial charge in [0.2, 0.25) is 0 Å². The lowest BCUT2D eigenvalue weighted by Crippen LogP contribution is -2.27. The number of carboxylic acid groups (broad SMARTS) is 1. The molecule has 0 bridgehead atoms. The van der Waals surface area contributed by atoms with Crippen LogP contribution >= 0.6 is 0 Å². The summed E-state index contributed by atoms with van der Waals surface area (Å²) in [6.07, 6.45) is 7.81. The van der Waals surface area contributed by atoms with E-state index in [0.717, 1.165) is 17.5 Å². The molecule has 1 amide bonds. The first-order valence-corrected chi connectivity index (χ1v) is 6.44. The molecule has 1 saturated heterocycles. The molecule has 0 spiro atoms. The highest BCUT2D eigenvalue weighted by Crippen LogP contribution is 2.40. The Morgan fingerprint density at radius 1 is 1.47 bits per heavy atom. The Balaban J connectivity index is 1.80. The first-order chi connectivity index (χ1) is 9.17. The predicted octanol–water partition coefficient (Wildman–Crippen LogP) is 2.74. The number of amides is 1. The quantitative estimate of drug-likeness (QED) is 0.885. The van der Waals surface area contributed by atoms with Crippen molar-refractivity contribution in [2.24, 2.45) is 11.8 Å². The normalized spacial score (nSPS) is 25.1. The highest BCUT2D eigenvalue weighted by molar-refractivity contribution is 5.71. The monoisotopic (exact) mass is 256 g/mol. The van der Waals surface area contributed by atoms with Crippen molar-refractivity contribution < 1.29 is 9.90 Å². The third-order valence-electron chi connectivity index (χ3n) is 4.03. The predicted molar refractivity (Wildman–Crippen MR) is 73.5 cm³/mol. The summed E-state index contributed by atoms with van der Waals surface area (Å²) in [5.74, 6) is 0.789. The minimum Gasteiger partial charge on any atom is -0.465 e. The van der Waals surface area contributed by atoms with Gasteiger partial charge < -0.3 is 10.0 Å². The Morgan fingerprint density at radius 3 is 3.00 bits per heavy atom. The van der Waals surface area contributed by atoms with Gasteiger partial charge >= 0.3 is 6.09 Å². The van der Waals surface area contributed by atoms with Crippen LogP contribution in [0.5, 0.6) is 0 Å². The van der Waals surface area contributed by atoms with Gasteiger partial charge in [-0.25, -0.2) is 4.79 Å². The van der Waals surface area contributed by atoms with Gasteiger partial charge in [0.25, 0.3) is 0 Å². The van der Waals surface area contributed by atoms with E-state index in [4.69, 9.17) is 5.11 Å². The fourth-order valence-electron chi connectivity index (χ4n) is 3.03. The van der Waals surface area contributed by atoms with Crippen molar-refractivity contribution in [1.82, 2.24) is 9.88 Å². The summed E-state index contributed by atoms with van der Waals surface area (Å²) >= 11 is 0. The van der Waals surface area contributed by atoms with Crippen LogP contribution in [0.1, 0.15) is 17.5 Å². The van der Waals surface area contributed by atoms with Gasteiger partial charge in [-0.1, -0.05) is 18.7 Å². The number of fused-ring (bicyclic) bond motifs is 1. The lowest BCUT2D eigenvalue weighted by molar-refractivity contribution is 0.153. The van der Waals surface area contributed by atoms with E-state index in [9.17, 15) is 4.79 Å². The number of nitrogens with zero attached hydrogens (tertiary/aromatic N) is 2. The van der Waals surface area contributed by atoms with Gasteiger partial charge in [-0.2, -0.15) is 0 Å². The Morgan fingerprint density at radius 2 is 2.32 bits per heavy atom. The van der Waals surface area contributed by atoms with E-state index in [0.29, 0.717) is 24.9 Å². The van der Waals surface area contributed by atoms with Gasteiger partial charge in [0.15, 0.2) is 0 Å². The van der Waals surface area contributed by atoms with Crippen LogP contribution in [0.3, 0.4) is 0 Å². The molecule has 0 aromatic carbocycles. The largest absolute Gasteiger partial charge is 0.465 e.